The van der Waals surface area contributed by atoms with E-state index < -0.39 is 5.72 Å². The van der Waals surface area contributed by atoms with Gasteiger partial charge in [-0.1, -0.05) is 44.2 Å². The molecular formula is C20H29NO2. The van der Waals surface area contributed by atoms with Crippen LogP contribution in [0.3, 0.4) is 0 Å². The van der Waals surface area contributed by atoms with Gasteiger partial charge >= 0.3 is 0 Å². The Hall–Kier alpha value is -1.64. The minimum absolute atomic E-state index is 0.0555. The summed E-state index contributed by atoms with van der Waals surface area (Å²) in [4.78, 5) is 0. The summed E-state index contributed by atoms with van der Waals surface area (Å²) < 4.78 is 0. The van der Waals surface area contributed by atoms with Crippen molar-refractivity contribution in [1.29, 1.82) is 0 Å². The van der Waals surface area contributed by atoms with Gasteiger partial charge in [0.15, 0.2) is 0 Å². The first-order valence-electron chi connectivity index (χ1n) is 8.13. The first kappa shape index (κ1) is 19.4. The van der Waals surface area contributed by atoms with Crippen molar-refractivity contribution < 1.29 is 10.2 Å². The van der Waals surface area contributed by atoms with E-state index in [4.69, 9.17) is 5.73 Å². The molecular weight excluding hydrogens is 286 g/mol. The Morgan fingerprint density at radius 3 is 2.57 bits per heavy atom. The van der Waals surface area contributed by atoms with Gasteiger partial charge in [-0.05, 0) is 55.4 Å². The van der Waals surface area contributed by atoms with E-state index >= 15 is 0 Å². The Morgan fingerprint density at radius 2 is 2.09 bits per heavy atom. The summed E-state index contributed by atoms with van der Waals surface area (Å²) in [6, 6.07) is 6.23. The Kier molecular flexibility index (Phi) is 7.47. The van der Waals surface area contributed by atoms with Crippen molar-refractivity contribution in [2.24, 2.45) is 5.73 Å². The smallest absolute Gasteiger partial charge is 0.111 e. The normalized spacial score (nSPS) is 14.3. The summed E-state index contributed by atoms with van der Waals surface area (Å²) in [6.45, 7) is 9.61. The lowest BCUT2D eigenvalue weighted by atomic mass is 9.92. The second-order valence-corrected chi connectivity index (χ2v) is 6.20. The van der Waals surface area contributed by atoms with Crippen molar-refractivity contribution >= 4 is 11.1 Å². The molecule has 4 N–H and O–H groups in total. The summed E-state index contributed by atoms with van der Waals surface area (Å²) >= 11 is 0. The van der Waals surface area contributed by atoms with Gasteiger partial charge in [-0.2, -0.15) is 0 Å². The van der Waals surface area contributed by atoms with Crippen molar-refractivity contribution in [3.8, 4) is 0 Å². The molecule has 23 heavy (non-hydrogen) atoms. The van der Waals surface area contributed by atoms with E-state index in [1.54, 1.807) is 6.92 Å². The zero-order valence-corrected chi connectivity index (χ0v) is 14.5. The maximum Gasteiger partial charge on any atom is 0.111 e. The monoisotopic (exact) mass is 315 g/mol. The highest BCUT2D eigenvalue weighted by Gasteiger charge is 2.15. The van der Waals surface area contributed by atoms with Gasteiger partial charge in [-0.15, -0.1) is 5.73 Å². The minimum atomic E-state index is -1.19. The third-order valence-corrected chi connectivity index (χ3v) is 3.87. The van der Waals surface area contributed by atoms with Crippen LogP contribution in [0.4, 0.5) is 0 Å². The maximum atomic E-state index is 9.68. The number of benzene rings is 1. The van der Waals surface area contributed by atoms with Gasteiger partial charge in [-0.25, -0.2) is 0 Å². The van der Waals surface area contributed by atoms with E-state index in [-0.39, 0.29) is 6.61 Å². The molecule has 3 nitrogen and oxygen atoms in total. The highest BCUT2D eigenvalue weighted by molar-refractivity contribution is 5.72. The van der Waals surface area contributed by atoms with Crippen LogP contribution in [0.2, 0.25) is 0 Å². The first-order chi connectivity index (χ1) is 10.8. The Bertz CT molecular complexity index is 603. The zero-order chi connectivity index (χ0) is 17.5. The number of aliphatic hydroxyl groups is 2. The van der Waals surface area contributed by atoms with Gasteiger partial charge in [0.2, 0.25) is 0 Å². The van der Waals surface area contributed by atoms with Crippen LogP contribution in [0.25, 0.3) is 11.1 Å². The molecule has 0 aliphatic rings. The van der Waals surface area contributed by atoms with E-state index in [0.29, 0.717) is 12.8 Å². The van der Waals surface area contributed by atoms with Gasteiger partial charge in [0, 0.05) is 5.57 Å². The molecule has 0 aliphatic carbocycles. The van der Waals surface area contributed by atoms with Crippen LogP contribution < -0.4 is 5.73 Å². The van der Waals surface area contributed by atoms with Crippen LogP contribution in [-0.2, 0) is 0 Å². The molecule has 1 aromatic rings. The van der Waals surface area contributed by atoms with E-state index in [9.17, 15) is 10.2 Å². The second-order valence-electron chi connectivity index (χ2n) is 6.20. The van der Waals surface area contributed by atoms with Crippen molar-refractivity contribution in [2.75, 3.05) is 6.61 Å². The molecule has 1 atom stereocenters. The Balaban J connectivity index is 3.07. The minimum Gasteiger partial charge on any atom is -0.392 e. The standard InChI is InChI=1S/C20H29NO2/c1-5-7-17(11-13-22)19-9-8-18(14-15(19)3)16(6-2)10-12-20(4,21)23/h8-9,11,14,22-23H,2,5,7,10,12-13,21H2,1,3-4H3/b17-11+. The van der Waals surface area contributed by atoms with Gasteiger partial charge in [-0.3, -0.25) is 0 Å². The van der Waals surface area contributed by atoms with Crippen molar-refractivity contribution in [1.82, 2.24) is 0 Å². The molecule has 0 fully saturated rings. The summed E-state index contributed by atoms with van der Waals surface area (Å²) in [5.41, 5.74) is 12.9. The van der Waals surface area contributed by atoms with Crippen molar-refractivity contribution in [2.45, 2.75) is 52.2 Å². The lowest BCUT2D eigenvalue weighted by Gasteiger charge is -2.18. The van der Waals surface area contributed by atoms with Crippen molar-refractivity contribution in [3.05, 3.63) is 53.3 Å². The molecule has 0 heterocycles. The van der Waals surface area contributed by atoms with Crippen LogP contribution in [0.5, 0.6) is 0 Å². The molecule has 1 unspecified atom stereocenters. The van der Waals surface area contributed by atoms with Crippen molar-refractivity contribution in [3.63, 3.8) is 0 Å². The number of aliphatic hydroxyl groups excluding tert-OH is 1. The topological polar surface area (TPSA) is 66.5 Å². The average molecular weight is 315 g/mol. The number of aryl methyl sites for hydroxylation is 1. The van der Waals surface area contributed by atoms with E-state index in [0.717, 1.165) is 29.5 Å². The van der Waals surface area contributed by atoms with Crippen LogP contribution in [0, 0.1) is 6.92 Å². The Labute approximate surface area is 139 Å². The molecule has 0 amide bonds. The fourth-order valence-corrected chi connectivity index (χ4v) is 2.65. The van der Waals surface area contributed by atoms with Gasteiger partial charge in [0.1, 0.15) is 5.72 Å². The van der Waals surface area contributed by atoms with Gasteiger partial charge in [0.05, 0.1) is 6.61 Å². The SMILES string of the molecule is C=C=C(CCC(C)(N)O)c1ccc(/C(=C/CO)CCC)c(C)c1. The fraction of sp³-hybridized carbons (Fsp3) is 0.450. The van der Waals surface area contributed by atoms with Crippen LogP contribution in [0.1, 0.15) is 56.2 Å². The number of allylic oxidation sites excluding steroid dienone is 2. The average Bonchev–Trinajstić information content (AvgIpc) is 2.47. The molecule has 0 bridgehead atoms. The maximum absolute atomic E-state index is 9.68. The Morgan fingerprint density at radius 1 is 1.39 bits per heavy atom. The largest absolute Gasteiger partial charge is 0.392 e. The highest BCUT2D eigenvalue weighted by Crippen LogP contribution is 2.28. The van der Waals surface area contributed by atoms with E-state index in [2.05, 4.69) is 38.3 Å². The lowest BCUT2D eigenvalue weighted by Crippen LogP contribution is -2.35. The number of rotatable bonds is 8. The summed E-state index contributed by atoms with van der Waals surface area (Å²) in [7, 11) is 0. The third kappa shape index (κ3) is 6.17. The fourth-order valence-electron chi connectivity index (χ4n) is 2.65. The van der Waals surface area contributed by atoms with E-state index in [1.807, 2.05) is 12.1 Å². The highest BCUT2D eigenvalue weighted by atomic mass is 16.3. The molecule has 0 aliphatic heterocycles. The summed E-state index contributed by atoms with van der Waals surface area (Å²) in [6.07, 6.45) is 4.94. The first-order valence-corrected chi connectivity index (χ1v) is 8.13. The third-order valence-electron chi connectivity index (χ3n) is 3.87. The molecule has 0 spiro atoms. The molecule has 0 saturated heterocycles. The van der Waals surface area contributed by atoms with Gasteiger partial charge < -0.3 is 15.9 Å². The molecule has 0 aromatic heterocycles. The predicted molar refractivity (Wildman–Crippen MR) is 97.7 cm³/mol. The van der Waals surface area contributed by atoms with Crippen LogP contribution in [-0.4, -0.2) is 22.5 Å². The molecule has 0 saturated carbocycles. The zero-order valence-electron chi connectivity index (χ0n) is 14.5. The summed E-state index contributed by atoms with van der Waals surface area (Å²) in [5, 5.41) is 18.9. The van der Waals surface area contributed by atoms with Gasteiger partial charge in [0.25, 0.3) is 0 Å². The molecule has 1 rings (SSSR count). The lowest BCUT2D eigenvalue weighted by molar-refractivity contribution is 0.0596. The molecule has 0 radical (unpaired) electrons. The number of nitrogens with two attached hydrogens (primary N) is 1. The quantitative estimate of drug-likeness (QED) is 0.505. The second kappa shape index (κ2) is 8.85. The number of hydrogen-bond acceptors (Lipinski definition) is 3. The predicted octanol–water partition coefficient (Wildman–Crippen LogP) is 3.79. The molecule has 1 aromatic carbocycles. The number of hydrogen-bond donors (Lipinski definition) is 3. The van der Waals surface area contributed by atoms with E-state index in [1.165, 1.54) is 11.1 Å². The van der Waals surface area contributed by atoms with Crippen LogP contribution in [0.15, 0.2) is 36.6 Å². The summed E-state index contributed by atoms with van der Waals surface area (Å²) in [5.74, 6) is 0. The molecule has 3 heteroatoms. The van der Waals surface area contributed by atoms with Crippen LogP contribution >= 0.6 is 0 Å². The molecule has 126 valence electrons.